The van der Waals surface area contributed by atoms with E-state index in [1.54, 1.807) is 26.8 Å². The van der Waals surface area contributed by atoms with Gasteiger partial charge in [0.15, 0.2) is 0 Å². The quantitative estimate of drug-likeness (QED) is 0.559. The van der Waals surface area contributed by atoms with E-state index in [1.807, 2.05) is 26.0 Å². The molecular formula is C21H28N2O6. The van der Waals surface area contributed by atoms with Crippen LogP contribution in [0.5, 0.6) is 0 Å². The lowest BCUT2D eigenvalue weighted by Crippen LogP contribution is -2.36. The van der Waals surface area contributed by atoms with E-state index in [4.69, 9.17) is 13.9 Å². The third-order valence-electron chi connectivity index (χ3n) is 4.11. The minimum absolute atomic E-state index is 0.110. The predicted molar refractivity (Wildman–Crippen MR) is 110 cm³/mol. The molecule has 8 heteroatoms. The second kappa shape index (κ2) is 9.45. The van der Waals surface area contributed by atoms with Crippen molar-refractivity contribution in [2.24, 2.45) is 0 Å². The Morgan fingerprint density at radius 3 is 2.45 bits per heavy atom. The van der Waals surface area contributed by atoms with Crippen molar-refractivity contribution in [3.05, 3.63) is 40.2 Å². The van der Waals surface area contributed by atoms with Crippen LogP contribution in [0, 0.1) is 0 Å². The highest BCUT2D eigenvalue weighted by atomic mass is 16.6. The first-order valence-corrected chi connectivity index (χ1v) is 9.57. The van der Waals surface area contributed by atoms with Gasteiger partial charge in [-0.25, -0.2) is 9.59 Å². The molecule has 0 aliphatic heterocycles. The molecule has 158 valence electrons. The Bertz CT molecular complexity index is 925. The third kappa shape index (κ3) is 6.51. The fourth-order valence-electron chi connectivity index (χ4n) is 2.79. The van der Waals surface area contributed by atoms with Gasteiger partial charge in [-0.3, -0.25) is 4.79 Å². The average molecular weight is 404 g/mol. The van der Waals surface area contributed by atoms with Gasteiger partial charge in [-0.05, 0) is 46.8 Å². The summed E-state index contributed by atoms with van der Waals surface area (Å²) in [5.74, 6) is -0.642. The van der Waals surface area contributed by atoms with Crippen molar-refractivity contribution < 1.29 is 23.5 Å². The second-order valence-electron chi connectivity index (χ2n) is 7.46. The molecule has 1 amide bonds. The van der Waals surface area contributed by atoms with Crippen molar-refractivity contribution in [2.75, 3.05) is 24.5 Å². The van der Waals surface area contributed by atoms with E-state index in [1.165, 1.54) is 6.07 Å². The Balaban J connectivity index is 2.07. The van der Waals surface area contributed by atoms with Crippen molar-refractivity contribution >= 4 is 28.7 Å². The zero-order valence-corrected chi connectivity index (χ0v) is 17.5. The van der Waals surface area contributed by atoms with Crippen molar-refractivity contribution in [3.8, 4) is 0 Å². The van der Waals surface area contributed by atoms with Crippen LogP contribution in [-0.4, -0.2) is 37.3 Å². The van der Waals surface area contributed by atoms with Crippen molar-refractivity contribution in [1.82, 2.24) is 5.32 Å². The molecule has 0 fully saturated rings. The highest BCUT2D eigenvalue weighted by molar-refractivity contribution is 5.84. The zero-order chi connectivity index (χ0) is 21.6. The van der Waals surface area contributed by atoms with Crippen LogP contribution in [0.4, 0.5) is 10.5 Å². The summed E-state index contributed by atoms with van der Waals surface area (Å²) < 4.78 is 15.6. The van der Waals surface area contributed by atoms with Crippen LogP contribution in [0.15, 0.2) is 33.5 Å². The molecule has 1 aromatic heterocycles. The van der Waals surface area contributed by atoms with Gasteiger partial charge in [0.05, 0.1) is 0 Å². The molecule has 0 unspecified atom stereocenters. The number of benzene rings is 1. The molecule has 0 bridgehead atoms. The summed E-state index contributed by atoms with van der Waals surface area (Å²) in [5.41, 5.74) is 0.732. The van der Waals surface area contributed by atoms with E-state index >= 15 is 0 Å². The highest BCUT2D eigenvalue weighted by Gasteiger charge is 2.17. The van der Waals surface area contributed by atoms with Crippen LogP contribution in [0.1, 0.15) is 40.2 Å². The van der Waals surface area contributed by atoms with Gasteiger partial charge >= 0.3 is 17.7 Å². The number of hydrogen-bond acceptors (Lipinski definition) is 7. The molecule has 0 aliphatic carbocycles. The minimum Gasteiger partial charge on any atom is -0.459 e. The maximum absolute atomic E-state index is 11.9. The lowest BCUT2D eigenvalue weighted by atomic mass is 10.1. The molecular weight excluding hydrogens is 376 g/mol. The van der Waals surface area contributed by atoms with E-state index in [9.17, 15) is 14.4 Å². The molecule has 0 atom stereocenters. The van der Waals surface area contributed by atoms with Gasteiger partial charge in [-0.1, -0.05) is 0 Å². The van der Waals surface area contributed by atoms with Crippen LogP contribution in [0.25, 0.3) is 11.0 Å². The molecule has 0 spiro atoms. The van der Waals surface area contributed by atoms with Crippen molar-refractivity contribution in [3.63, 3.8) is 0 Å². The number of esters is 1. The average Bonchev–Trinajstić information content (AvgIpc) is 2.63. The Hall–Kier alpha value is -3.03. The first-order valence-electron chi connectivity index (χ1n) is 9.57. The van der Waals surface area contributed by atoms with Crippen molar-refractivity contribution in [2.45, 2.75) is 46.8 Å². The standard InChI is InChI=1S/C21H28N2O6/c1-6-23(7-2)15-8-9-16-14(10-18(24)28-17(16)11-15)13-27-19(25)12-22-20(26)29-21(3,4)5/h8-11H,6-7,12-13H2,1-5H3,(H,22,26). The number of hydrogen-bond donors (Lipinski definition) is 1. The number of carbonyl (C=O) groups excluding carboxylic acids is 2. The second-order valence-corrected chi connectivity index (χ2v) is 7.46. The van der Waals surface area contributed by atoms with Gasteiger partial charge in [-0.2, -0.15) is 0 Å². The molecule has 8 nitrogen and oxygen atoms in total. The maximum Gasteiger partial charge on any atom is 0.408 e. The first-order chi connectivity index (χ1) is 13.6. The van der Waals surface area contributed by atoms with Gasteiger partial charge < -0.3 is 24.1 Å². The Morgan fingerprint density at radius 1 is 1.14 bits per heavy atom. The molecule has 1 aromatic carbocycles. The van der Waals surface area contributed by atoms with E-state index in [0.717, 1.165) is 18.8 Å². The summed E-state index contributed by atoms with van der Waals surface area (Å²) in [6.45, 7) is 10.5. The summed E-state index contributed by atoms with van der Waals surface area (Å²) in [5, 5.41) is 3.02. The molecule has 0 saturated carbocycles. The Kier molecular flexibility index (Phi) is 7.25. The van der Waals surface area contributed by atoms with E-state index < -0.39 is 23.3 Å². The molecule has 29 heavy (non-hydrogen) atoms. The number of rotatable bonds is 7. The SMILES string of the molecule is CCN(CC)c1ccc2c(COC(=O)CNC(=O)OC(C)(C)C)cc(=O)oc2c1. The summed E-state index contributed by atoms with van der Waals surface area (Å²) >= 11 is 0. The largest absolute Gasteiger partial charge is 0.459 e. The Labute approximate surface area is 169 Å². The van der Waals surface area contributed by atoms with E-state index in [0.29, 0.717) is 16.5 Å². The maximum atomic E-state index is 11.9. The monoisotopic (exact) mass is 404 g/mol. The van der Waals surface area contributed by atoms with Crippen LogP contribution >= 0.6 is 0 Å². The van der Waals surface area contributed by atoms with E-state index in [-0.39, 0.29) is 13.2 Å². The normalized spacial score (nSPS) is 11.2. The minimum atomic E-state index is -0.704. The van der Waals surface area contributed by atoms with Crippen LogP contribution < -0.4 is 15.8 Å². The van der Waals surface area contributed by atoms with Gasteiger partial charge in [-0.15, -0.1) is 0 Å². The van der Waals surface area contributed by atoms with Crippen LogP contribution in [0.2, 0.25) is 0 Å². The topological polar surface area (TPSA) is 98.1 Å². The molecule has 0 aliphatic rings. The fraction of sp³-hybridized carbons (Fsp3) is 0.476. The van der Waals surface area contributed by atoms with E-state index in [2.05, 4.69) is 10.2 Å². The van der Waals surface area contributed by atoms with Crippen LogP contribution in [-0.2, 0) is 20.9 Å². The lowest BCUT2D eigenvalue weighted by molar-refractivity contribution is -0.143. The number of anilines is 1. The predicted octanol–water partition coefficient (Wildman–Crippen LogP) is 3.21. The smallest absolute Gasteiger partial charge is 0.408 e. The summed E-state index contributed by atoms with van der Waals surface area (Å²) in [7, 11) is 0. The van der Waals surface area contributed by atoms with Gasteiger partial charge in [0.25, 0.3) is 0 Å². The molecule has 2 rings (SSSR count). The van der Waals surface area contributed by atoms with Gasteiger partial charge in [0.2, 0.25) is 0 Å². The first kappa shape index (κ1) is 22.3. The highest BCUT2D eigenvalue weighted by Crippen LogP contribution is 2.24. The molecule has 0 radical (unpaired) electrons. The molecule has 1 heterocycles. The Morgan fingerprint density at radius 2 is 1.83 bits per heavy atom. The molecule has 1 N–H and O–H groups in total. The number of nitrogens with one attached hydrogen (secondary N) is 1. The summed E-state index contributed by atoms with van der Waals surface area (Å²) in [4.78, 5) is 37.6. The van der Waals surface area contributed by atoms with Gasteiger partial charge in [0.1, 0.15) is 24.3 Å². The zero-order valence-electron chi connectivity index (χ0n) is 17.5. The number of nitrogens with zero attached hydrogens (tertiary/aromatic N) is 1. The third-order valence-corrected chi connectivity index (χ3v) is 4.11. The number of fused-ring (bicyclic) bond motifs is 1. The molecule has 0 saturated heterocycles. The fourth-order valence-corrected chi connectivity index (χ4v) is 2.79. The number of carbonyl (C=O) groups is 2. The number of amides is 1. The lowest BCUT2D eigenvalue weighted by Gasteiger charge is -2.21. The van der Waals surface area contributed by atoms with Crippen LogP contribution in [0.3, 0.4) is 0 Å². The molecule has 2 aromatic rings. The number of alkyl carbamates (subject to hydrolysis) is 1. The summed E-state index contributed by atoms with van der Waals surface area (Å²) in [6.07, 6.45) is -0.704. The van der Waals surface area contributed by atoms with Crippen molar-refractivity contribution in [1.29, 1.82) is 0 Å². The summed E-state index contributed by atoms with van der Waals surface area (Å²) in [6, 6.07) is 6.88. The van der Waals surface area contributed by atoms with Gasteiger partial charge in [0, 0.05) is 41.9 Å². The number of ether oxygens (including phenoxy) is 2.